The van der Waals surface area contributed by atoms with Gasteiger partial charge in [0, 0.05) is 25.2 Å². The smallest absolute Gasteiger partial charge is 0.229 e. The number of nitrogens with two attached hydrogens (primary N) is 1. The molecule has 1 atom stereocenters. The molecule has 88 valence electrons. The summed E-state index contributed by atoms with van der Waals surface area (Å²) in [6.45, 7) is 0.383. The van der Waals surface area contributed by atoms with Crippen LogP contribution >= 0.6 is 0 Å². The van der Waals surface area contributed by atoms with Crippen molar-refractivity contribution in [1.29, 1.82) is 5.26 Å². The van der Waals surface area contributed by atoms with E-state index in [0.29, 0.717) is 18.1 Å². The molecule has 17 heavy (non-hydrogen) atoms. The number of carbonyl (C=O) groups excluding carboxylic acids is 1. The van der Waals surface area contributed by atoms with Crippen molar-refractivity contribution >= 4 is 11.7 Å². The van der Waals surface area contributed by atoms with Gasteiger partial charge in [0.2, 0.25) is 5.91 Å². The van der Waals surface area contributed by atoms with Gasteiger partial charge in [-0.2, -0.15) is 5.26 Å². The Morgan fingerprint density at radius 2 is 2.47 bits per heavy atom. The van der Waals surface area contributed by atoms with Gasteiger partial charge in [0.25, 0.3) is 0 Å². The zero-order valence-electron chi connectivity index (χ0n) is 9.38. The van der Waals surface area contributed by atoms with Gasteiger partial charge in [-0.15, -0.1) is 0 Å². The lowest BCUT2D eigenvalue weighted by Crippen LogP contribution is -2.29. The number of hydrogen-bond donors (Lipinski definition) is 1. The fraction of sp³-hybridized carbons (Fsp3) is 0.364. The summed E-state index contributed by atoms with van der Waals surface area (Å²) in [6.07, 6.45) is 1.79. The van der Waals surface area contributed by atoms with E-state index in [1.54, 1.807) is 6.07 Å². The molecule has 1 amide bonds. The van der Waals surface area contributed by atoms with Crippen molar-refractivity contribution in [3.8, 4) is 11.8 Å². The molecule has 2 N–H and O–H groups in total. The molecule has 0 saturated carbocycles. The average Bonchev–Trinajstić information content (AvgIpc) is 2.67. The largest absolute Gasteiger partial charge is 0.495 e. The number of carbonyl (C=O) groups is 1. The third-order valence-corrected chi connectivity index (χ3v) is 2.64. The van der Waals surface area contributed by atoms with Gasteiger partial charge in [-0.05, 0) is 6.07 Å². The molecular formula is C11H12N4O2. The molecule has 1 aliphatic heterocycles. The molecule has 1 unspecified atom stereocenters. The summed E-state index contributed by atoms with van der Waals surface area (Å²) in [4.78, 5) is 17.2. The Morgan fingerprint density at radius 3 is 3.00 bits per heavy atom. The number of pyridine rings is 1. The summed E-state index contributed by atoms with van der Waals surface area (Å²) in [5, 5.41) is 9.10. The van der Waals surface area contributed by atoms with Crippen LogP contribution in [-0.4, -0.2) is 30.6 Å². The van der Waals surface area contributed by atoms with E-state index in [0.717, 1.165) is 0 Å². The summed E-state index contributed by atoms with van der Waals surface area (Å²) in [5.41, 5.74) is 5.97. The van der Waals surface area contributed by atoms with Crippen LogP contribution in [0.15, 0.2) is 12.3 Å². The number of methoxy groups -OCH3 is 1. The van der Waals surface area contributed by atoms with E-state index in [2.05, 4.69) is 4.98 Å². The molecular weight excluding hydrogens is 220 g/mol. The lowest BCUT2D eigenvalue weighted by molar-refractivity contribution is -0.117. The maximum Gasteiger partial charge on any atom is 0.229 e. The average molecular weight is 232 g/mol. The van der Waals surface area contributed by atoms with Crippen LogP contribution in [-0.2, 0) is 4.79 Å². The summed E-state index contributed by atoms with van der Waals surface area (Å²) < 4.78 is 5.07. The van der Waals surface area contributed by atoms with E-state index in [-0.39, 0.29) is 23.9 Å². The zero-order valence-corrected chi connectivity index (χ0v) is 9.38. The van der Waals surface area contributed by atoms with Gasteiger partial charge in [0.05, 0.1) is 7.11 Å². The minimum absolute atomic E-state index is 0.116. The van der Waals surface area contributed by atoms with Gasteiger partial charge < -0.3 is 10.5 Å². The number of hydrogen-bond acceptors (Lipinski definition) is 5. The molecule has 0 bridgehead atoms. The van der Waals surface area contributed by atoms with Crippen molar-refractivity contribution in [2.24, 2.45) is 5.73 Å². The first-order valence-electron chi connectivity index (χ1n) is 5.16. The van der Waals surface area contributed by atoms with Gasteiger partial charge in [-0.3, -0.25) is 9.69 Å². The summed E-state index contributed by atoms with van der Waals surface area (Å²) in [7, 11) is 1.47. The Kier molecular flexibility index (Phi) is 2.93. The van der Waals surface area contributed by atoms with Crippen LogP contribution in [0.4, 0.5) is 5.82 Å². The van der Waals surface area contributed by atoms with Crippen LogP contribution < -0.4 is 15.4 Å². The number of ether oxygens (including phenoxy) is 1. The molecule has 0 aliphatic carbocycles. The van der Waals surface area contributed by atoms with Gasteiger partial charge in [-0.1, -0.05) is 0 Å². The SMILES string of the molecule is COc1ccnc(N2CC(N)CC2=O)c1C#N. The van der Waals surface area contributed by atoms with E-state index in [9.17, 15) is 4.79 Å². The number of amides is 1. The second-order valence-electron chi connectivity index (χ2n) is 3.79. The standard InChI is InChI=1S/C11H12N4O2/c1-17-9-2-3-14-11(8(9)5-12)15-6-7(13)4-10(15)16/h2-3,7H,4,6,13H2,1H3. The van der Waals surface area contributed by atoms with Gasteiger partial charge in [0.15, 0.2) is 5.82 Å². The van der Waals surface area contributed by atoms with E-state index in [4.69, 9.17) is 15.7 Å². The molecule has 1 aliphatic rings. The number of nitrogens with zero attached hydrogens (tertiary/aromatic N) is 3. The molecule has 6 nitrogen and oxygen atoms in total. The van der Waals surface area contributed by atoms with Crippen LogP contribution in [0, 0.1) is 11.3 Å². The Hall–Kier alpha value is -2.13. The lowest BCUT2D eigenvalue weighted by Gasteiger charge is -2.17. The Balaban J connectivity index is 2.46. The van der Waals surface area contributed by atoms with Crippen molar-refractivity contribution in [3.05, 3.63) is 17.8 Å². The molecule has 1 saturated heterocycles. The predicted molar refractivity (Wildman–Crippen MR) is 60.4 cm³/mol. The molecule has 1 fully saturated rings. The van der Waals surface area contributed by atoms with Crippen molar-refractivity contribution in [2.45, 2.75) is 12.5 Å². The van der Waals surface area contributed by atoms with Crippen LogP contribution in [0.25, 0.3) is 0 Å². The molecule has 6 heteroatoms. The molecule has 0 radical (unpaired) electrons. The van der Waals surface area contributed by atoms with Crippen molar-refractivity contribution < 1.29 is 9.53 Å². The highest BCUT2D eigenvalue weighted by atomic mass is 16.5. The van der Waals surface area contributed by atoms with E-state index in [1.807, 2.05) is 6.07 Å². The van der Waals surface area contributed by atoms with E-state index < -0.39 is 0 Å². The van der Waals surface area contributed by atoms with Crippen molar-refractivity contribution in [1.82, 2.24) is 4.98 Å². The van der Waals surface area contributed by atoms with E-state index >= 15 is 0 Å². The van der Waals surface area contributed by atoms with Crippen molar-refractivity contribution in [2.75, 3.05) is 18.6 Å². The highest BCUT2D eigenvalue weighted by molar-refractivity contribution is 5.96. The second kappa shape index (κ2) is 4.39. The molecule has 1 aromatic rings. The summed E-state index contributed by atoms with van der Waals surface area (Å²) >= 11 is 0. The monoisotopic (exact) mass is 232 g/mol. The fourth-order valence-corrected chi connectivity index (χ4v) is 1.85. The van der Waals surface area contributed by atoms with Crippen LogP contribution in [0.2, 0.25) is 0 Å². The second-order valence-corrected chi connectivity index (χ2v) is 3.79. The van der Waals surface area contributed by atoms with Crippen LogP contribution in [0.5, 0.6) is 5.75 Å². The zero-order chi connectivity index (χ0) is 12.4. The maximum atomic E-state index is 11.7. The molecule has 0 spiro atoms. The first-order valence-corrected chi connectivity index (χ1v) is 5.16. The topological polar surface area (TPSA) is 92.2 Å². The van der Waals surface area contributed by atoms with Crippen molar-refractivity contribution in [3.63, 3.8) is 0 Å². The Labute approximate surface area is 98.6 Å². The molecule has 2 heterocycles. The molecule has 0 aromatic carbocycles. The summed E-state index contributed by atoms with van der Waals surface area (Å²) in [5.74, 6) is 0.616. The number of nitriles is 1. The normalized spacial score (nSPS) is 19.2. The fourth-order valence-electron chi connectivity index (χ4n) is 1.85. The first kappa shape index (κ1) is 11.4. The predicted octanol–water partition coefficient (Wildman–Crippen LogP) is 0.0259. The lowest BCUT2D eigenvalue weighted by atomic mass is 10.2. The highest BCUT2D eigenvalue weighted by Gasteiger charge is 2.31. The number of rotatable bonds is 2. The minimum atomic E-state index is -0.206. The quantitative estimate of drug-likeness (QED) is 0.776. The Bertz CT molecular complexity index is 495. The summed E-state index contributed by atoms with van der Waals surface area (Å²) in [6, 6.07) is 3.38. The van der Waals surface area contributed by atoms with Crippen LogP contribution in [0.3, 0.4) is 0 Å². The number of anilines is 1. The van der Waals surface area contributed by atoms with E-state index in [1.165, 1.54) is 18.2 Å². The first-order chi connectivity index (χ1) is 8.17. The highest BCUT2D eigenvalue weighted by Crippen LogP contribution is 2.28. The van der Waals surface area contributed by atoms with Gasteiger partial charge >= 0.3 is 0 Å². The molecule has 1 aromatic heterocycles. The van der Waals surface area contributed by atoms with Gasteiger partial charge in [-0.25, -0.2) is 4.98 Å². The Morgan fingerprint density at radius 1 is 1.71 bits per heavy atom. The maximum absolute atomic E-state index is 11.7. The van der Waals surface area contributed by atoms with Gasteiger partial charge in [0.1, 0.15) is 17.4 Å². The number of aromatic nitrogens is 1. The van der Waals surface area contributed by atoms with Crippen LogP contribution in [0.1, 0.15) is 12.0 Å². The third-order valence-electron chi connectivity index (χ3n) is 2.64. The minimum Gasteiger partial charge on any atom is -0.495 e. The third kappa shape index (κ3) is 1.92. The molecule has 2 rings (SSSR count).